The van der Waals surface area contributed by atoms with E-state index in [1.807, 2.05) is 62.4 Å². The highest BCUT2D eigenvalue weighted by Gasteiger charge is 2.20. The predicted octanol–water partition coefficient (Wildman–Crippen LogP) is 6.39. The van der Waals surface area contributed by atoms with Crippen molar-refractivity contribution in [2.45, 2.75) is 19.3 Å². The van der Waals surface area contributed by atoms with Crippen molar-refractivity contribution in [2.75, 3.05) is 0 Å². The van der Waals surface area contributed by atoms with Crippen LogP contribution in [-0.4, -0.2) is 15.2 Å². The molecule has 3 aromatic carbocycles. The van der Waals surface area contributed by atoms with Gasteiger partial charge in [0.05, 0.1) is 28.7 Å². The second-order valence-electron chi connectivity index (χ2n) is 8.18. The monoisotopic (exact) mass is 406 g/mol. The maximum atomic E-state index is 13.8. The summed E-state index contributed by atoms with van der Waals surface area (Å²) < 4.78 is 13.8. The van der Waals surface area contributed by atoms with Crippen LogP contribution in [0, 0.1) is 17.1 Å². The fraction of sp³-hybridized carbons (Fsp3) is 0.115. The summed E-state index contributed by atoms with van der Waals surface area (Å²) in [4.78, 5) is 4.54. The van der Waals surface area contributed by atoms with Crippen LogP contribution in [-0.2, 0) is 5.41 Å². The van der Waals surface area contributed by atoms with Crippen LogP contribution >= 0.6 is 0 Å². The first-order valence-corrected chi connectivity index (χ1v) is 10.0. The number of rotatable bonds is 3. The quantitative estimate of drug-likeness (QED) is 0.378. The van der Waals surface area contributed by atoms with Crippen LogP contribution in [0.15, 0.2) is 72.9 Å². The molecule has 0 saturated carbocycles. The molecule has 150 valence electrons. The number of hydrogen-bond donors (Lipinski definition) is 1. The lowest BCUT2D eigenvalue weighted by atomic mass is 9.86. The van der Waals surface area contributed by atoms with Gasteiger partial charge in [-0.25, -0.2) is 4.39 Å². The molecule has 0 fully saturated rings. The molecule has 0 spiro atoms. The molecule has 0 unspecified atom stereocenters. The number of pyridine rings is 1. The van der Waals surface area contributed by atoms with Crippen LogP contribution in [0.25, 0.3) is 44.2 Å². The molecule has 0 atom stereocenters. The van der Waals surface area contributed by atoms with Crippen molar-refractivity contribution >= 4 is 21.8 Å². The van der Waals surface area contributed by atoms with E-state index in [-0.39, 0.29) is 5.82 Å². The summed E-state index contributed by atoms with van der Waals surface area (Å²) in [5.74, 6) is -0.265. The molecule has 0 aliphatic heterocycles. The lowest BCUT2D eigenvalue weighted by Gasteiger charge is -2.15. The minimum atomic E-state index is -0.553. The van der Waals surface area contributed by atoms with E-state index in [0.717, 1.165) is 49.8 Å². The Morgan fingerprint density at radius 3 is 2.42 bits per heavy atom. The fourth-order valence-corrected chi connectivity index (χ4v) is 3.87. The lowest BCUT2D eigenvalue weighted by Crippen LogP contribution is -2.13. The van der Waals surface area contributed by atoms with Crippen molar-refractivity contribution in [1.82, 2.24) is 15.2 Å². The predicted molar refractivity (Wildman–Crippen MR) is 121 cm³/mol. The van der Waals surface area contributed by atoms with Gasteiger partial charge < -0.3 is 0 Å². The molecule has 0 radical (unpaired) electrons. The Labute approximate surface area is 179 Å². The summed E-state index contributed by atoms with van der Waals surface area (Å²) in [6.07, 6.45) is 1.78. The van der Waals surface area contributed by atoms with Crippen LogP contribution in [0.1, 0.15) is 19.4 Å². The van der Waals surface area contributed by atoms with E-state index >= 15 is 0 Å². The third kappa shape index (κ3) is 3.23. The summed E-state index contributed by atoms with van der Waals surface area (Å²) in [6.45, 7) is 3.80. The van der Waals surface area contributed by atoms with Crippen LogP contribution < -0.4 is 0 Å². The van der Waals surface area contributed by atoms with E-state index < -0.39 is 5.41 Å². The van der Waals surface area contributed by atoms with E-state index in [9.17, 15) is 9.65 Å². The molecule has 31 heavy (non-hydrogen) atoms. The molecule has 0 saturated heterocycles. The largest absolute Gasteiger partial charge is 0.276 e. The molecular weight excluding hydrogens is 387 g/mol. The van der Waals surface area contributed by atoms with E-state index in [1.54, 1.807) is 12.3 Å². The molecule has 2 aromatic heterocycles. The Balaban J connectivity index is 1.70. The highest BCUT2D eigenvalue weighted by atomic mass is 19.1. The molecule has 1 N–H and O–H groups in total. The molecule has 0 aliphatic rings. The Kier molecular flexibility index (Phi) is 4.30. The van der Waals surface area contributed by atoms with E-state index in [0.29, 0.717) is 0 Å². The van der Waals surface area contributed by atoms with E-state index in [4.69, 9.17) is 0 Å². The number of aromatic nitrogens is 3. The van der Waals surface area contributed by atoms with Gasteiger partial charge in [0.25, 0.3) is 0 Å². The van der Waals surface area contributed by atoms with Gasteiger partial charge in [-0.2, -0.15) is 10.4 Å². The topological polar surface area (TPSA) is 65.4 Å². The summed E-state index contributed by atoms with van der Waals surface area (Å²) in [6, 6.07) is 22.8. The van der Waals surface area contributed by atoms with Gasteiger partial charge in [-0.05, 0) is 54.8 Å². The van der Waals surface area contributed by atoms with Gasteiger partial charge in [0.15, 0.2) is 0 Å². The maximum absolute atomic E-state index is 13.8. The molecule has 5 rings (SSSR count). The van der Waals surface area contributed by atoms with Crippen LogP contribution in [0.2, 0.25) is 0 Å². The third-order valence-corrected chi connectivity index (χ3v) is 5.71. The minimum Gasteiger partial charge on any atom is -0.276 e. The lowest BCUT2D eigenvalue weighted by molar-refractivity contribution is 0.628. The average Bonchev–Trinajstić information content (AvgIpc) is 3.23. The molecule has 0 aliphatic carbocycles. The molecule has 0 bridgehead atoms. The Morgan fingerprint density at radius 1 is 0.935 bits per heavy atom. The molecule has 5 heteroatoms. The molecule has 2 heterocycles. The zero-order valence-electron chi connectivity index (χ0n) is 17.1. The zero-order valence-corrected chi connectivity index (χ0v) is 17.1. The molecule has 4 nitrogen and oxygen atoms in total. The third-order valence-electron chi connectivity index (χ3n) is 5.71. The SMILES string of the molecule is CC(C)(C#N)c1ccc(-c2n[nH]c3cnc4ccc(-c5cccc(F)c5)cc4c23)cc1. The number of fused-ring (bicyclic) bond motifs is 3. The van der Waals surface area contributed by atoms with Gasteiger partial charge in [-0.15, -0.1) is 0 Å². The van der Waals surface area contributed by atoms with Crippen molar-refractivity contribution in [2.24, 2.45) is 0 Å². The highest BCUT2D eigenvalue weighted by Crippen LogP contribution is 2.35. The van der Waals surface area contributed by atoms with Gasteiger partial charge in [-0.1, -0.05) is 42.5 Å². The zero-order chi connectivity index (χ0) is 21.6. The van der Waals surface area contributed by atoms with Crippen molar-refractivity contribution in [3.8, 4) is 28.5 Å². The Bertz CT molecular complexity index is 1470. The van der Waals surface area contributed by atoms with E-state index in [2.05, 4.69) is 21.3 Å². The van der Waals surface area contributed by atoms with Gasteiger partial charge in [-0.3, -0.25) is 10.1 Å². The second-order valence-corrected chi connectivity index (χ2v) is 8.18. The van der Waals surface area contributed by atoms with Gasteiger partial charge >= 0.3 is 0 Å². The number of benzene rings is 3. The van der Waals surface area contributed by atoms with Gasteiger partial charge in [0.2, 0.25) is 0 Å². The average molecular weight is 406 g/mol. The van der Waals surface area contributed by atoms with Crippen molar-refractivity contribution in [3.05, 3.63) is 84.3 Å². The summed E-state index contributed by atoms with van der Waals surface area (Å²) in [5, 5.41) is 18.9. The minimum absolute atomic E-state index is 0.265. The summed E-state index contributed by atoms with van der Waals surface area (Å²) in [7, 11) is 0. The van der Waals surface area contributed by atoms with Crippen molar-refractivity contribution in [3.63, 3.8) is 0 Å². The van der Waals surface area contributed by atoms with Crippen molar-refractivity contribution < 1.29 is 4.39 Å². The fourth-order valence-electron chi connectivity index (χ4n) is 3.87. The van der Waals surface area contributed by atoms with Gasteiger partial charge in [0.1, 0.15) is 11.5 Å². The number of nitriles is 1. The number of hydrogen-bond acceptors (Lipinski definition) is 3. The standard InChI is InChI=1S/C26H19FN4/c1-26(2,15-28)19-9-6-16(7-10-19)25-24-21-13-18(17-4-3-5-20(27)12-17)8-11-22(21)29-14-23(24)30-31-25/h3-14H,1-2H3,(H,30,31). The molecule has 0 amide bonds. The first-order valence-electron chi connectivity index (χ1n) is 10.0. The first kappa shape index (κ1) is 19.0. The summed E-state index contributed by atoms with van der Waals surface area (Å²) in [5.41, 5.74) is 5.58. The highest BCUT2D eigenvalue weighted by molar-refractivity contribution is 6.11. The first-order chi connectivity index (χ1) is 15.0. The number of halogens is 1. The number of aromatic amines is 1. The van der Waals surface area contributed by atoms with Crippen LogP contribution in [0.3, 0.4) is 0 Å². The Morgan fingerprint density at radius 2 is 1.68 bits per heavy atom. The molecular formula is C26H19FN4. The normalized spacial score (nSPS) is 11.7. The maximum Gasteiger partial charge on any atom is 0.123 e. The second kappa shape index (κ2) is 7.03. The van der Waals surface area contributed by atoms with Crippen molar-refractivity contribution in [1.29, 1.82) is 5.26 Å². The molecule has 5 aromatic rings. The van der Waals surface area contributed by atoms with Crippen LogP contribution in [0.5, 0.6) is 0 Å². The summed E-state index contributed by atoms with van der Waals surface area (Å²) >= 11 is 0. The number of H-pyrrole nitrogens is 1. The van der Waals surface area contributed by atoms with Gasteiger partial charge in [0, 0.05) is 16.3 Å². The Hall–Kier alpha value is -4.04. The van der Waals surface area contributed by atoms with E-state index in [1.165, 1.54) is 12.1 Å². The number of nitrogens with zero attached hydrogens (tertiary/aromatic N) is 3. The smallest absolute Gasteiger partial charge is 0.123 e. The van der Waals surface area contributed by atoms with Crippen LogP contribution in [0.4, 0.5) is 4.39 Å². The number of nitrogens with one attached hydrogen (secondary N) is 1.